The summed E-state index contributed by atoms with van der Waals surface area (Å²) in [5.74, 6) is 0.907. The fraction of sp³-hybridized carbons (Fsp3) is 0.375. The highest BCUT2D eigenvalue weighted by Crippen LogP contribution is 2.34. The Labute approximate surface area is 177 Å². The third-order valence-electron chi connectivity index (χ3n) is 5.46. The van der Waals surface area contributed by atoms with Gasteiger partial charge in [-0.25, -0.2) is 4.98 Å². The summed E-state index contributed by atoms with van der Waals surface area (Å²) in [7, 11) is 0. The van der Waals surface area contributed by atoms with Crippen LogP contribution in [0.4, 0.5) is 0 Å². The molecule has 3 aromatic rings. The van der Waals surface area contributed by atoms with E-state index in [9.17, 15) is 0 Å². The smallest absolute Gasteiger partial charge is 0.124 e. The molecule has 0 unspecified atom stereocenters. The van der Waals surface area contributed by atoms with E-state index in [1.807, 2.05) is 12.1 Å². The van der Waals surface area contributed by atoms with Crippen LogP contribution in [-0.2, 0) is 4.74 Å². The standard InChI is InChI=1S/C24H28N2O2S/c1-17-4-5-21(16-18(17)2)24-25-23(19(3)29-24)20-6-8-22(9-7-20)28-15-12-26-10-13-27-14-11-26/h4-9,16H,10-15H2,1-3H3. The number of aromatic nitrogens is 1. The van der Waals surface area contributed by atoms with Crippen molar-refractivity contribution in [3.63, 3.8) is 0 Å². The minimum Gasteiger partial charge on any atom is -0.492 e. The van der Waals surface area contributed by atoms with Crippen molar-refractivity contribution in [1.82, 2.24) is 9.88 Å². The molecule has 1 aliphatic heterocycles. The highest BCUT2D eigenvalue weighted by atomic mass is 32.1. The molecule has 152 valence electrons. The lowest BCUT2D eigenvalue weighted by atomic mass is 10.1. The summed E-state index contributed by atoms with van der Waals surface area (Å²) in [4.78, 5) is 8.55. The summed E-state index contributed by atoms with van der Waals surface area (Å²) >= 11 is 1.75. The van der Waals surface area contributed by atoms with E-state index in [-0.39, 0.29) is 0 Å². The third kappa shape index (κ3) is 4.86. The van der Waals surface area contributed by atoms with Crippen LogP contribution in [0, 0.1) is 20.8 Å². The van der Waals surface area contributed by atoms with Crippen LogP contribution in [0.25, 0.3) is 21.8 Å². The van der Waals surface area contributed by atoms with Gasteiger partial charge in [0.25, 0.3) is 0 Å². The van der Waals surface area contributed by atoms with Crippen LogP contribution in [0.1, 0.15) is 16.0 Å². The molecule has 0 aliphatic carbocycles. The first-order valence-electron chi connectivity index (χ1n) is 10.2. The van der Waals surface area contributed by atoms with Crippen LogP contribution < -0.4 is 4.74 Å². The van der Waals surface area contributed by atoms with E-state index >= 15 is 0 Å². The average molecular weight is 409 g/mol. The number of morpholine rings is 1. The number of hydrogen-bond donors (Lipinski definition) is 0. The van der Waals surface area contributed by atoms with E-state index in [1.165, 1.54) is 21.6 Å². The molecular formula is C24H28N2O2S. The van der Waals surface area contributed by atoms with E-state index in [2.05, 4.69) is 56.0 Å². The first-order valence-corrected chi connectivity index (χ1v) is 11.0. The Morgan fingerprint density at radius 2 is 1.69 bits per heavy atom. The molecular weight excluding hydrogens is 380 g/mol. The second kappa shape index (κ2) is 9.08. The maximum absolute atomic E-state index is 5.93. The second-order valence-electron chi connectivity index (χ2n) is 7.55. The van der Waals surface area contributed by atoms with Gasteiger partial charge in [-0.05, 0) is 62.2 Å². The molecule has 1 aliphatic rings. The van der Waals surface area contributed by atoms with E-state index in [0.29, 0.717) is 6.61 Å². The summed E-state index contributed by atoms with van der Waals surface area (Å²) in [5, 5.41) is 1.08. The number of aryl methyl sites for hydroxylation is 3. The van der Waals surface area contributed by atoms with Gasteiger partial charge in [0.05, 0.1) is 18.9 Å². The van der Waals surface area contributed by atoms with E-state index in [0.717, 1.165) is 54.9 Å². The van der Waals surface area contributed by atoms with Crippen LogP contribution >= 0.6 is 11.3 Å². The van der Waals surface area contributed by atoms with Gasteiger partial charge in [-0.2, -0.15) is 0 Å². The van der Waals surface area contributed by atoms with Gasteiger partial charge >= 0.3 is 0 Å². The van der Waals surface area contributed by atoms with Crippen LogP contribution in [-0.4, -0.2) is 49.3 Å². The molecule has 0 radical (unpaired) electrons. The third-order valence-corrected chi connectivity index (χ3v) is 6.48. The quantitative estimate of drug-likeness (QED) is 0.567. The molecule has 0 bridgehead atoms. The molecule has 4 nitrogen and oxygen atoms in total. The highest BCUT2D eigenvalue weighted by Gasteiger charge is 2.13. The summed E-state index contributed by atoms with van der Waals surface area (Å²) in [6.45, 7) is 11.7. The topological polar surface area (TPSA) is 34.6 Å². The van der Waals surface area contributed by atoms with Gasteiger partial charge in [-0.1, -0.05) is 12.1 Å². The SMILES string of the molecule is Cc1ccc(-c2nc(-c3ccc(OCCN4CCOCC4)cc3)c(C)s2)cc1C. The zero-order chi connectivity index (χ0) is 20.2. The van der Waals surface area contributed by atoms with Crippen molar-refractivity contribution in [1.29, 1.82) is 0 Å². The van der Waals surface area contributed by atoms with Crippen molar-refractivity contribution >= 4 is 11.3 Å². The largest absolute Gasteiger partial charge is 0.492 e. The van der Waals surface area contributed by atoms with Gasteiger partial charge in [-0.3, -0.25) is 4.90 Å². The minimum absolute atomic E-state index is 0.700. The Balaban J connectivity index is 1.42. The zero-order valence-electron chi connectivity index (χ0n) is 17.4. The fourth-order valence-corrected chi connectivity index (χ4v) is 4.42. The van der Waals surface area contributed by atoms with Crippen molar-refractivity contribution in [2.75, 3.05) is 39.5 Å². The van der Waals surface area contributed by atoms with Crippen LogP contribution in [0.15, 0.2) is 42.5 Å². The predicted molar refractivity (Wildman–Crippen MR) is 120 cm³/mol. The van der Waals surface area contributed by atoms with Crippen LogP contribution in [0.3, 0.4) is 0 Å². The van der Waals surface area contributed by atoms with E-state index in [4.69, 9.17) is 14.5 Å². The van der Waals surface area contributed by atoms with Crippen molar-refractivity contribution in [3.8, 4) is 27.6 Å². The number of ether oxygens (including phenoxy) is 2. The van der Waals surface area contributed by atoms with Gasteiger partial charge in [0.15, 0.2) is 0 Å². The second-order valence-corrected chi connectivity index (χ2v) is 8.75. The van der Waals surface area contributed by atoms with Crippen LogP contribution in [0.5, 0.6) is 5.75 Å². The molecule has 0 spiro atoms. The Morgan fingerprint density at radius 3 is 2.41 bits per heavy atom. The minimum atomic E-state index is 0.700. The zero-order valence-corrected chi connectivity index (χ0v) is 18.2. The molecule has 1 fully saturated rings. The molecule has 2 aromatic carbocycles. The lowest BCUT2D eigenvalue weighted by molar-refractivity contribution is 0.0322. The number of benzene rings is 2. The van der Waals surface area contributed by atoms with Gasteiger partial charge in [-0.15, -0.1) is 11.3 Å². The number of nitrogens with zero attached hydrogens (tertiary/aromatic N) is 2. The summed E-state index contributed by atoms with van der Waals surface area (Å²) in [6.07, 6.45) is 0. The van der Waals surface area contributed by atoms with Crippen LogP contribution in [0.2, 0.25) is 0 Å². The van der Waals surface area contributed by atoms with Gasteiger partial charge < -0.3 is 9.47 Å². The number of hydrogen-bond acceptors (Lipinski definition) is 5. The molecule has 4 rings (SSSR count). The molecule has 0 atom stereocenters. The lowest BCUT2D eigenvalue weighted by Crippen LogP contribution is -2.38. The molecule has 29 heavy (non-hydrogen) atoms. The summed E-state index contributed by atoms with van der Waals surface area (Å²) in [5.41, 5.74) is 6.00. The van der Waals surface area contributed by atoms with Crippen molar-refractivity contribution in [3.05, 3.63) is 58.5 Å². The maximum Gasteiger partial charge on any atom is 0.124 e. The molecule has 1 aromatic heterocycles. The Hall–Kier alpha value is -2.21. The molecule has 5 heteroatoms. The number of thiazole rings is 1. The molecule has 2 heterocycles. The normalized spacial score (nSPS) is 14.9. The average Bonchev–Trinajstić information content (AvgIpc) is 3.13. The van der Waals surface area contributed by atoms with Gasteiger partial charge in [0.1, 0.15) is 17.4 Å². The first kappa shape index (κ1) is 20.1. The fourth-order valence-electron chi connectivity index (χ4n) is 3.49. The highest BCUT2D eigenvalue weighted by molar-refractivity contribution is 7.15. The van der Waals surface area contributed by atoms with Crippen molar-refractivity contribution in [2.24, 2.45) is 0 Å². The van der Waals surface area contributed by atoms with Crippen molar-refractivity contribution in [2.45, 2.75) is 20.8 Å². The Bertz CT molecular complexity index is 960. The maximum atomic E-state index is 5.93. The van der Waals surface area contributed by atoms with Gasteiger partial charge in [0.2, 0.25) is 0 Å². The molecule has 0 saturated carbocycles. The molecule has 0 N–H and O–H groups in total. The predicted octanol–water partition coefficient (Wildman–Crippen LogP) is 5.11. The first-order chi connectivity index (χ1) is 14.1. The molecule has 0 amide bonds. The van der Waals surface area contributed by atoms with Crippen molar-refractivity contribution < 1.29 is 9.47 Å². The summed E-state index contributed by atoms with van der Waals surface area (Å²) < 4.78 is 11.3. The lowest BCUT2D eigenvalue weighted by Gasteiger charge is -2.26. The van der Waals surface area contributed by atoms with E-state index in [1.54, 1.807) is 11.3 Å². The number of rotatable bonds is 6. The Kier molecular flexibility index (Phi) is 6.28. The van der Waals surface area contributed by atoms with E-state index < -0.39 is 0 Å². The Morgan fingerprint density at radius 1 is 0.966 bits per heavy atom. The molecule has 1 saturated heterocycles. The monoisotopic (exact) mass is 408 g/mol. The summed E-state index contributed by atoms with van der Waals surface area (Å²) in [6, 6.07) is 14.9. The van der Waals surface area contributed by atoms with Gasteiger partial charge in [0, 0.05) is 35.6 Å².